The zero-order chi connectivity index (χ0) is 19.3. The van der Waals surface area contributed by atoms with Gasteiger partial charge in [0.2, 0.25) is 0 Å². The van der Waals surface area contributed by atoms with Crippen LogP contribution in [0.4, 0.5) is 5.00 Å². The molecule has 0 unspecified atom stereocenters. The molecule has 1 fully saturated rings. The van der Waals surface area contributed by atoms with Crippen LogP contribution in [0.5, 0.6) is 0 Å². The highest BCUT2D eigenvalue weighted by atomic mass is 127. The number of aromatic nitrogens is 3. The Hall–Kier alpha value is -2.14. The molecule has 3 aromatic rings. The van der Waals surface area contributed by atoms with E-state index >= 15 is 0 Å². The van der Waals surface area contributed by atoms with Crippen molar-refractivity contribution < 1.29 is 0 Å². The Morgan fingerprint density at radius 2 is 2.00 bits per heavy atom. The Balaban J connectivity index is 0.00000240. The molecule has 1 aliphatic rings. The lowest BCUT2D eigenvalue weighted by Gasteiger charge is -2.37. The van der Waals surface area contributed by atoms with Crippen LogP contribution < -0.4 is 10.2 Å². The van der Waals surface area contributed by atoms with Gasteiger partial charge in [0.05, 0.1) is 5.00 Å². The first-order chi connectivity index (χ1) is 13.7. The predicted molar refractivity (Wildman–Crippen MR) is 130 cm³/mol. The fraction of sp³-hybridized carbons (Fsp3) is 0.350. The summed E-state index contributed by atoms with van der Waals surface area (Å²) in [5.41, 5.74) is 1.12. The number of anilines is 1. The molecule has 7 nitrogen and oxygen atoms in total. The van der Waals surface area contributed by atoms with E-state index < -0.39 is 0 Å². The van der Waals surface area contributed by atoms with Crippen LogP contribution in [0.25, 0.3) is 5.82 Å². The molecule has 0 radical (unpaired) electrons. The number of piperazine rings is 1. The minimum atomic E-state index is 0. The Morgan fingerprint density at radius 1 is 1.17 bits per heavy atom. The molecule has 0 amide bonds. The smallest absolute Gasteiger partial charge is 0.194 e. The van der Waals surface area contributed by atoms with Crippen LogP contribution in [0, 0.1) is 6.92 Å². The van der Waals surface area contributed by atoms with E-state index in [-0.39, 0.29) is 24.0 Å². The summed E-state index contributed by atoms with van der Waals surface area (Å²) < 4.78 is 1.98. The first-order valence-corrected chi connectivity index (χ1v) is 10.3. The first-order valence-electron chi connectivity index (χ1n) is 9.44. The number of rotatable bonds is 4. The summed E-state index contributed by atoms with van der Waals surface area (Å²) in [5, 5.41) is 6.96. The highest BCUT2D eigenvalue weighted by molar-refractivity contribution is 14.0. The molecule has 0 bridgehead atoms. The van der Waals surface area contributed by atoms with Gasteiger partial charge in [0.15, 0.2) is 5.96 Å². The molecule has 1 saturated heterocycles. The molecule has 3 aromatic heterocycles. The lowest BCUT2D eigenvalue weighted by molar-refractivity contribution is 0.373. The van der Waals surface area contributed by atoms with E-state index in [0.717, 1.165) is 49.3 Å². The minimum absolute atomic E-state index is 0. The number of halogens is 1. The summed E-state index contributed by atoms with van der Waals surface area (Å²) in [4.78, 5) is 18.0. The van der Waals surface area contributed by atoms with Crippen LogP contribution in [0.15, 0.2) is 53.2 Å². The Labute approximate surface area is 192 Å². The largest absolute Gasteiger partial charge is 0.360 e. The monoisotopic (exact) mass is 523 g/mol. The second-order valence-corrected chi connectivity index (χ2v) is 7.62. The van der Waals surface area contributed by atoms with Crippen LogP contribution in [0.3, 0.4) is 0 Å². The molecule has 0 spiro atoms. The van der Waals surface area contributed by atoms with Crippen molar-refractivity contribution in [2.45, 2.75) is 13.5 Å². The molecule has 0 atom stereocenters. The summed E-state index contributed by atoms with van der Waals surface area (Å²) in [6, 6.07) is 8.42. The number of thiophene rings is 1. The number of aliphatic imine (C=N–C) groups is 1. The van der Waals surface area contributed by atoms with E-state index in [4.69, 9.17) is 0 Å². The molecule has 0 saturated carbocycles. The average Bonchev–Trinajstić information content (AvgIpc) is 3.41. The van der Waals surface area contributed by atoms with Gasteiger partial charge in [-0.2, -0.15) is 0 Å². The molecule has 29 heavy (non-hydrogen) atoms. The highest BCUT2D eigenvalue weighted by Crippen LogP contribution is 2.22. The van der Waals surface area contributed by atoms with Gasteiger partial charge in [-0.1, -0.05) is 6.07 Å². The second-order valence-electron chi connectivity index (χ2n) is 6.70. The van der Waals surface area contributed by atoms with E-state index in [9.17, 15) is 0 Å². The Kier molecular flexibility index (Phi) is 7.48. The van der Waals surface area contributed by atoms with E-state index in [1.54, 1.807) is 17.5 Å². The number of nitrogens with zero attached hydrogens (tertiary/aromatic N) is 6. The van der Waals surface area contributed by atoms with E-state index in [2.05, 4.69) is 53.7 Å². The summed E-state index contributed by atoms with van der Waals surface area (Å²) in [6.07, 6.45) is 5.62. The maximum atomic E-state index is 4.56. The lowest BCUT2D eigenvalue weighted by Crippen LogP contribution is -2.52. The molecule has 9 heteroatoms. The van der Waals surface area contributed by atoms with Crippen LogP contribution in [0.1, 0.15) is 11.4 Å². The number of pyridine rings is 1. The van der Waals surface area contributed by atoms with Gasteiger partial charge in [0.1, 0.15) is 11.6 Å². The number of hydrogen-bond donors (Lipinski definition) is 1. The predicted octanol–water partition coefficient (Wildman–Crippen LogP) is 3.15. The van der Waals surface area contributed by atoms with Crippen LogP contribution in [0.2, 0.25) is 0 Å². The SMILES string of the molecule is CN=C(NCc1ccc(-n2ccnc2C)nc1)N1CCN(c2cccs2)CC1.I. The van der Waals surface area contributed by atoms with Gasteiger partial charge in [0, 0.05) is 58.4 Å². The van der Waals surface area contributed by atoms with Gasteiger partial charge in [-0.3, -0.25) is 9.56 Å². The molecule has 4 heterocycles. The molecule has 4 rings (SSSR count). The van der Waals surface area contributed by atoms with Gasteiger partial charge in [0.25, 0.3) is 0 Å². The van der Waals surface area contributed by atoms with E-state index in [1.165, 1.54) is 5.00 Å². The van der Waals surface area contributed by atoms with Crippen LogP contribution in [-0.4, -0.2) is 58.6 Å². The van der Waals surface area contributed by atoms with Gasteiger partial charge in [-0.15, -0.1) is 35.3 Å². The standard InChI is InChI=1S/C20H25N7S.HI/c1-16-22-7-8-27(16)18-6-5-17(14-23-18)15-24-20(21-2)26-11-9-25(10-12-26)19-4-3-13-28-19;/h3-8,13-14H,9-12,15H2,1-2H3,(H,21,24);1H. The normalized spacial score (nSPS) is 14.6. The van der Waals surface area contributed by atoms with E-state index in [0.29, 0.717) is 6.54 Å². The maximum absolute atomic E-state index is 4.56. The Bertz CT molecular complexity index is 913. The quantitative estimate of drug-likeness (QED) is 0.324. The number of aryl methyl sites for hydroxylation is 1. The average molecular weight is 523 g/mol. The van der Waals surface area contributed by atoms with Crippen molar-refractivity contribution >= 4 is 46.3 Å². The maximum Gasteiger partial charge on any atom is 0.194 e. The summed E-state index contributed by atoms with van der Waals surface area (Å²) in [5.74, 6) is 2.76. The molecule has 1 aliphatic heterocycles. The van der Waals surface area contributed by atoms with Crippen molar-refractivity contribution in [3.05, 3.63) is 59.6 Å². The highest BCUT2D eigenvalue weighted by Gasteiger charge is 2.20. The van der Waals surface area contributed by atoms with Gasteiger partial charge >= 0.3 is 0 Å². The third-order valence-electron chi connectivity index (χ3n) is 4.94. The summed E-state index contributed by atoms with van der Waals surface area (Å²) in [7, 11) is 1.84. The fourth-order valence-corrected chi connectivity index (χ4v) is 4.17. The summed E-state index contributed by atoms with van der Waals surface area (Å²) >= 11 is 1.80. The van der Waals surface area contributed by atoms with Crippen molar-refractivity contribution in [3.63, 3.8) is 0 Å². The second kappa shape index (κ2) is 10.1. The number of imidazole rings is 1. The van der Waals surface area contributed by atoms with Gasteiger partial charge < -0.3 is 15.1 Å². The van der Waals surface area contributed by atoms with Crippen molar-refractivity contribution in [1.82, 2.24) is 24.8 Å². The zero-order valence-corrected chi connectivity index (χ0v) is 19.8. The lowest BCUT2D eigenvalue weighted by atomic mass is 10.2. The van der Waals surface area contributed by atoms with Crippen LogP contribution >= 0.6 is 35.3 Å². The third kappa shape index (κ3) is 5.08. The fourth-order valence-electron chi connectivity index (χ4n) is 3.39. The van der Waals surface area contributed by atoms with Gasteiger partial charge in [-0.25, -0.2) is 9.97 Å². The van der Waals surface area contributed by atoms with Crippen molar-refractivity contribution in [2.75, 3.05) is 38.1 Å². The number of nitrogens with one attached hydrogen (secondary N) is 1. The topological polar surface area (TPSA) is 61.6 Å². The third-order valence-corrected chi connectivity index (χ3v) is 5.87. The number of guanidine groups is 1. The van der Waals surface area contributed by atoms with Crippen molar-refractivity contribution in [1.29, 1.82) is 0 Å². The van der Waals surface area contributed by atoms with E-state index in [1.807, 2.05) is 37.0 Å². The number of hydrogen-bond acceptors (Lipinski definition) is 5. The molecule has 1 N–H and O–H groups in total. The molecule has 0 aromatic carbocycles. The van der Waals surface area contributed by atoms with Gasteiger partial charge in [-0.05, 0) is 36.1 Å². The molecular weight excluding hydrogens is 497 g/mol. The zero-order valence-electron chi connectivity index (χ0n) is 16.7. The Morgan fingerprint density at radius 3 is 2.59 bits per heavy atom. The molecule has 0 aliphatic carbocycles. The van der Waals surface area contributed by atoms with Crippen LogP contribution in [-0.2, 0) is 6.54 Å². The minimum Gasteiger partial charge on any atom is -0.360 e. The molecule has 154 valence electrons. The van der Waals surface area contributed by atoms with Crippen molar-refractivity contribution in [2.24, 2.45) is 4.99 Å². The first kappa shape index (κ1) is 21.6. The summed E-state index contributed by atoms with van der Waals surface area (Å²) in [6.45, 7) is 6.64. The van der Waals surface area contributed by atoms with Crippen molar-refractivity contribution in [3.8, 4) is 5.82 Å². The molecular formula is C20H26IN7S.